The summed E-state index contributed by atoms with van der Waals surface area (Å²) < 4.78 is 0. The van der Waals surface area contributed by atoms with Crippen LogP contribution in [0.1, 0.15) is 37.7 Å². The van der Waals surface area contributed by atoms with E-state index in [0.717, 1.165) is 35.1 Å². The van der Waals surface area contributed by atoms with Crippen molar-refractivity contribution in [2.24, 2.45) is 5.92 Å². The zero-order valence-electron chi connectivity index (χ0n) is 10.2. The molecule has 0 radical (unpaired) electrons. The van der Waals surface area contributed by atoms with Gasteiger partial charge in [-0.1, -0.05) is 42.6 Å². The fraction of sp³-hybridized carbons (Fsp3) is 0.571. The van der Waals surface area contributed by atoms with E-state index in [1.54, 1.807) is 0 Å². The highest BCUT2D eigenvalue weighted by Crippen LogP contribution is 2.40. The maximum absolute atomic E-state index is 6.32. The summed E-state index contributed by atoms with van der Waals surface area (Å²) in [5.74, 6) is 1.17. The van der Waals surface area contributed by atoms with Gasteiger partial charge >= 0.3 is 0 Å². The second-order valence-corrected chi connectivity index (χ2v) is 5.60. The maximum Gasteiger partial charge on any atom is 0.0455 e. The third-order valence-electron chi connectivity index (χ3n) is 3.64. The SMILES string of the molecule is CCCC1CNCCC1c1c(Cl)cccc1Cl. The van der Waals surface area contributed by atoms with Crippen LogP contribution in [-0.2, 0) is 0 Å². The van der Waals surface area contributed by atoms with Crippen molar-refractivity contribution in [3.63, 3.8) is 0 Å². The van der Waals surface area contributed by atoms with Gasteiger partial charge in [0.2, 0.25) is 0 Å². The average molecular weight is 272 g/mol. The Balaban J connectivity index is 2.29. The zero-order chi connectivity index (χ0) is 12.3. The molecule has 0 aliphatic carbocycles. The van der Waals surface area contributed by atoms with Gasteiger partial charge in [0.15, 0.2) is 0 Å². The van der Waals surface area contributed by atoms with Crippen LogP contribution in [0.4, 0.5) is 0 Å². The summed E-state index contributed by atoms with van der Waals surface area (Å²) in [5.41, 5.74) is 1.16. The lowest BCUT2D eigenvalue weighted by Gasteiger charge is -2.33. The van der Waals surface area contributed by atoms with Crippen molar-refractivity contribution in [3.05, 3.63) is 33.8 Å². The van der Waals surface area contributed by atoms with E-state index < -0.39 is 0 Å². The van der Waals surface area contributed by atoms with Crippen LogP contribution in [0.15, 0.2) is 18.2 Å². The van der Waals surface area contributed by atoms with Crippen molar-refractivity contribution in [1.29, 1.82) is 0 Å². The fourth-order valence-electron chi connectivity index (χ4n) is 2.84. The molecule has 0 amide bonds. The van der Waals surface area contributed by atoms with E-state index in [2.05, 4.69) is 12.2 Å². The summed E-state index contributed by atoms with van der Waals surface area (Å²) in [7, 11) is 0. The van der Waals surface area contributed by atoms with Crippen molar-refractivity contribution < 1.29 is 0 Å². The second-order valence-electron chi connectivity index (χ2n) is 4.78. The van der Waals surface area contributed by atoms with Crippen LogP contribution in [-0.4, -0.2) is 13.1 Å². The number of nitrogens with one attached hydrogen (secondary N) is 1. The first kappa shape index (κ1) is 13.2. The number of piperidine rings is 1. The van der Waals surface area contributed by atoms with E-state index in [9.17, 15) is 0 Å². The topological polar surface area (TPSA) is 12.0 Å². The van der Waals surface area contributed by atoms with Crippen molar-refractivity contribution in [3.8, 4) is 0 Å². The molecular weight excluding hydrogens is 253 g/mol. The Labute approximate surface area is 114 Å². The first-order chi connectivity index (χ1) is 8.24. The Hall–Kier alpha value is -0.240. The van der Waals surface area contributed by atoms with E-state index in [0.29, 0.717) is 11.8 Å². The summed E-state index contributed by atoms with van der Waals surface area (Å²) in [4.78, 5) is 0. The van der Waals surface area contributed by atoms with Crippen LogP contribution in [0.2, 0.25) is 10.0 Å². The molecule has 1 nitrogen and oxygen atoms in total. The monoisotopic (exact) mass is 271 g/mol. The van der Waals surface area contributed by atoms with E-state index >= 15 is 0 Å². The third-order valence-corrected chi connectivity index (χ3v) is 4.30. The van der Waals surface area contributed by atoms with Crippen molar-refractivity contribution >= 4 is 23.2 Å². The normalized spacial score (nSPS) is 24.9. The van der Waals surface area contributed by atoms with E-state index in [4.69, 9.17) is 23.2 Å². The Kier molecular flexibility index (Phi) is 4.72. The van der Waals surface area contributed by atoms with Gasteiger partial charge in [0, 0.05) is 10.0 Å². The molecule has 94 valence electrons. The molecule has 1 heterocycles. The Morgan fingerprint density at radius 3 is 2.65 bits per heavy atom. The van der Waals surface area contributed by atoms with Gasteiger partial charge in [-0.05, 0) is 55.5 Å². The molecule has 1 aromatic carbocycles. The van der Waals surface area contributed by atoms with Crippen LogP contribution in [0, 0.1) is 5.92 Å². The minimum Gasteiger partial charge on any atom is -0.316 e. The number of hydrogen-bond donors (Lipinski definition) is 1. The van der Waals surface area contributed by atoms with Gasteiger partial charge in [0.1, 0.15) is 0 Å². The standard InChI is InChI=1S/C14H19Cl2N/c1-2-4-10-9-17-8-7-11(10)14-12(15)5-3-6-13(14)16/h3,5-6,10-11,17H,2,4,7-9H2,1H3. The predicted molar refractivity (Wildman–Crippen MR) is 75.1 cm³/mol. The van der Waals surface area contributed by atoms with Gasteiger partial charge < -0.3 is 5.32 Å². The van der Waals surface area contributed by atoms with Crippen molar-refractivity contribution in [2.45, 2.75) is 32.1 Å². The van der Waals surface area contributed by atoms with Gasteiger partial charge in [-0.15, -0.1) is 0 Å². The molecule has 1 N–H and O–H groups in total. The highest BCUT2D eigenvalue weighted by molar-refractivity contribution is 6.36. The highest BCUT2D eigenvalue weighted by Gasteiger charge is 2.28. The largest absolute Gasteiger partial charge is 0.316 e. The molecule has 1 aliphatic heterocycles. The number of halogens is 2. The Morgan fingerprint density at radius 1 is 1.29 bits per heavy atom. The van der Waals surface area contributed by atoms with Crippen LogP contribution < -0.4 is 5.32 Å². The maximum atomic E-state index is 6.32. The molecule has 2 rings (SSSR count). The molecule has 0 saturated carbocycles. The van der Waals surface area contributed by atoms with Gasteiger partial charge in [-0.25, -0.2) is 0 Å². The molecule has 0 bridgehead atoms. The number of rotatable bonds is 3. The molecule has 0 aromatic heterocycles. The smallest absolute Gasteiger partial charge is 0.0455 e. The van der Waals surface area contributed by atoms with Gasteiger partial charge in [-0.3, -0.25) is 0 Å². The number of benzene rings is 1. The quantitative estimate of drug-likeness (QED) is 0.855. The van der Waals surface area contributed by atoms with Gasteiger partial charge in [-0.2, -0.15) is 0 Å². The third kappa shape index (κ3) is 2.96. The molecule has 1 aliphatic rings. The summed E-state index contributed by atoms with van der Waals surface area (Å²) in [5, 5.41) is 5.12. The molecule has 3 heteroatoms. The summed E-state index contributed by atoms with van der Waals surface area (Å²) in [6.45, 7) is 4.38. The zero-order valence-corrected chi connectivity index (χ0v) is 11.7. The summed E-state index contributed by atoms with van der Waals surface area (Å²) >= 11 is 12.6. The molecule has 2 unspecified atom stereocenters. The summed E-state index contributed by atoms with van der Waals surface area (Å²) in [6.07, 6.45) is 3.58. The van der Waals surface area contributed by atoms with E-state index in [1.807, 2.05) is 18.2 Å². The average Bonchev–Trinajstić information content (AvgIpc) is 2.31. The predicted octanol–water partition coefficient (Wildman–Crippen LogP) is 4.49. The van der Waals surface area contributed by atoms with Gasteiger partial charge in [0.05, 0.1) is 0 Å². The second kappa shape index (κ2) is 6.08. The molecule has 2 atom stereocenters. The van der Waals surface area contributed by atoms with Crippen LogP contribution in [0.3, 0.4) is 0 Å². The molecular formula is C14H19Cl2N. The summed E-state index contributed by atoms with van der Waals surface area (Å²) in [6, 6.07) is 5.83. The van der Waals surface area contributed by atoms with Crippen LogP contribution >= 0.6 is 23.2 Å². The highest BCUT2D eigenvalue weighted by atomic mass is 35.5. The molecule has 1 saturated heterocycles. The lowest BCUT2D eigenvalue weighted by Crippen LogP contribution is -2.35. The number of hydrogen-bond acceptors (Lipinski definition) is 1. The molecule has 1 aromatic rings. The minimum atomic E-state index is 0.511. The first-order valence-corrected chi connectivity index (χ1v) is 7.14. The van der Waals surface area contributed by atoms with Crippen LogP contribution in [0.25, 0.3) is 0 Å². The molecule has 1 fully saturated rings. The minimum absolute atomic E-state index is 0.511. The van der Waals surface area contributed by atoms with Gasteiger partial charge in [0.25, 0.3) is 0 Å². The first-order valence-electron chi connectivity index (χ1n) is 6.38. The van der Waals surface area contributed by atoms with Crippen molar-refractivity contribution in [1.82, 2.24) is 5.32 Å². The Morgan fingerprint density at radius 2 is 2.00 bits per heavy atom. The van der Waals surface area contributed by atoms with Crippen molar-refractivity contribution in [2.75, 3.05) is 13.1 Å². The van der Waals surface area contributed by atoms with Crippen LogP contribution in [0.5, 0.6) is 0 Å². The van der Waals surface area contributed by atoms with E-state index in [1.165, 1.54) is 12.8 Å². The fourth-order valence-corrected chi connectivity index (χ4v) is 3.52. The Bertz CT molecular complexity index is 356. The lowest BCUT2D eigenvalue weighted by molar-refractivity contribution is 0.307. The van der Waals surface area contributed by atoms with E-state index in [-0.39, 0.29) is 0 Å². The lowest BCUT2D eigenvalue weighted by atomic mass is 9.79. The molecule has 17 heavy (non-hydrogen) atoms. The molecule has 0 spiro atoms.